The highest BCUT2D eigenvalue weighted by molar-refractivity contribution is 5.96. The van der Waals surface area contributed by atoms with Gasteiger partial charge in [0.2, 0.25) is 0 Å². The molecule has 0 unspecified atom stereocenters. The van der Waals surface area contributed by atoms with Gasteiger partial charge in [-0.3, -0.25) is 4.79 Å². The molecule has 0 heterocycles. The molecule has 0 aromatic heterocycles. The van der Waals surface area contributed by atoms with E-state index in [4.69, 9.17) is 5.73 Å². The molecule has 1 rings (SSSR count). The quantitative estimate of drug-likeness (QED) is 0.503. The van der Waals surface area contributed by atoms with Crippen molar-refractivity contribution >= 4 is 5.78 Å². The average Bonchev–Trinajstić information content (AvgIpc) is 2.27. The SMILES string of the molecule is NCCCCC(=O)c1ccc(C(F)(F)F)c(F)c1. The number of nitrogens with two attached hydrogens (primary N) is 1. The lowest BCUT2D eigenvalue weighted by Gasteiger charge is -2.09. The largest absolute Gasteiger partial charge is 0.419 e. The Bertz CT molecular complexity index is 429. The molecule has 0 aliphatic heterocycles. The summed E-state index contributed by atoms with van der Waals surface area (Å²) in [6.45, 7) is 0.439. The lowest BCUT2D eigenvalue weighted by molar-refractivity contribution is -0.140. The highest BCUT2D eigenvalue weighted by Gasteiger charge is 2.34. The van der Waals surface area contributed by atoms with Crippen molar-refractivity contribution in [3.63, 3.8) is 0 Å². The molecular weight excluding hydrogens is 250 g/mol. The Morgan fingerprint density at radius 3 is 2.39 bits per heavy atom. The normalized spacial score (nSPS) is 11.6. The van der Waals surface area contributed by atoms with Crippen molar-refractivity contribution in [2.45, 2.75) is 25.4 Å². The summed E-state index contributed by atoms with van der Waals surface area (Å²) in [5, 5.41) is 0. The summed E-state index contributed by atoms with van der Waals surface area (Å²) in [6.07, 6.45) is -3.40. The van der Waals surface area contributed by atoms with Crippen molar-refractivity contribution in [2.75, 3.05) is 6.54 Å². The molecule has 0 aliphatic rings. The third kappa shape index (κ3) is 3.80. The third-order valence-corrected chi connectivity index (χ3v) is 2.45. The summed E-state index contributed by atoms with van der Waals surface area (Å²) in [5.74, 6) is -1.80. The number of unbranched alkanes of at least 4 members (excludes halogenated alkanes) is 1. The minimum absolute atomic E-state index is 0.0440. The van der Waals surface area contributed by atoms with Crippen LogP contribution in [0.2, 0.25) is 0 Å². The maximum Gasteiger partial charge on any atom is 0.419 e. The van der Waals surface area contributed by atoms with Gasteiger partial charge in [-0.25, -0.2) is 4.39 Å². The molecule has 0 bridgehead atoms. The number of carbonyl (C=O) groups is 1. The number of hydrogen-bond acceptors (Lipinski definition) is 2. The maximum atomic E-state index is 13.2. The van der Waals surface area contributed by atoms with Crippen LogP contribution in [0.15, 0.2) is 18.2 Å². The van der Waals surface area contributed by atoms with Crippen LogP contribution >= 0.6 is 0 Å². The first-order valence-electron chi connectivity index (χ1n) is 5.46. The fourth-order valence-electron chi connectivity index (χ4n) is 1.49. The number of halogens is 4. The van der Waals surface area contributed by atoms with E-state index in [0.717, 1.165) is 6.07 Å². The second-order valence-electron chi connectivity index (χ2n) is 3.86. The Morgan fingerprint density at radius 2 is 1.89 bits per heavy atom. The summed E-state index contributed by atoms with van der Waals surface area (Å²) >= 11 is 0. The standard InChI is InChI=1S/C12H13F4NO/c13-10-7-8(11(18)3-1-2-6-17)4-5-9(10)12(14,15)16/h4-5,7H,1-3,6,17H2. The van der Waals surface area contributed by atoms with Gasteiger partial charge in [0.25, 0.3) is 0 Å². The first-order chi connectivity index (χ1) is 8.36. The van der Waals surface area contributed by atoms with Crippen LogP contribution in [-0.2, 0) is 6.18 Å². The summed E-state index contributed by atoms with van der Waals surface area (Å²) in [6, 6.07) is 2.22. The monoisotopic (exact) mass is 263 g/mol. The Labute approximate surface area is 102 Å². The van der Waals surface area contributed by atoms with E-state index in [0.29, 0.717) is 31.5 Å². The zero-order chi connectivity index (χ0) is 13.8. The molecule has 18 heavy (non-hydrogen) atoms. The number of ketones is 1. The van der Waals surface area contributed by atoms with Crippen LogP contribution in [0.5, 0.6) is 0 Å². The Morgan fingerprint density at radius 1 is 1.22 bits per heavy atom. The van der Waals surface area contributed by atoms with Crippen LogP contribution in [0.3, 0.4) is 0 Å². The van der Waals surface area contributed by atoms with Crippen molar-refractivity contribution < 1.29 is 22.4 Å². The van der Waals surface area contributed by atoms with Crippen molar-refractivity contribution in [1.82, 2.24) is 0 Å². The molecule has 100 valence electrons. The molecule has 6 heteroatoms. The molecule has 2 N–H and O–H groups in total. The van der Waals surface area contributed by atoms with E-state index in [1.54, 1.807) is 0 Å². The van der Waals surface area contributed by atoms with E-state index in [1.165, 1.54) is 0 Å². The fraction of sp³-hybridized carbons (Fsp3) is 0.417. The zero-order valence-corrected chi connectivity index (χ0v) is 9.56. The summed E-state index contributed by atoms with van der Waals surface area (Å²) < 4.78 is 50.1. The van der Waals surface area contributed by atoms with Crippen LogP contribution in [0, 0.1) is 5.82 Å². The van der Waals surface area contributed by atoms with E-state index in [2.05, 4.69) is 0 Å². The van der Waals surface area contributed by atoms with Gasteiger partial charge in [0.15, 0.2) is 5.78 Å². The lowest BCUT2D eigenvalue weighted by atomic mass is 10.0. The molecule has 0 amide bonds. The molecule has 0 atom stereocenters. The number of alkyl halides is 3. The average molecular weight is 263 g/mol. The maximum absolute atomic E-state index is 13.2. The topological polar surface area (TPSA) is 43.1 Å². The molecule has 1 aromatic rings. The Balaban J connectivity index is 2.81. The van der Waals surface area contributed by atoms with E-state index in [9.17, 15) is 22.4 Å². The predicted octanol–water partition coefficient (Wildman–Crippen LogP) is 3.16. The van der Waals surface area contributed by atoms with Crippen LogP contribution in [0.1, 0.15) is 35.2 Å². The highest BCUT2D eigenvalue weighted by atomic mass is 19.4. The molecule has 2 nitrogen and oxygen atoms in total. The number of benzene rings is 1. The van der Waals surface area contributed by atoms with E-state index < -0.39 is 17.6 Å². The second-order valence-corrected chi connectivity index (χ2v) is 3.86. The first kappa shape index (κ1) is 14.6. The van der Waals surface area contributed by atoms with Gasteiger partial charge in [-0.05, 0) is 31.5 Å². The smallest absolute Gasteiger partial charge is 0.330 e. The number of rotatable bonds is 5. The van der Waals surface area contributed by atoms with Crippen LogP contribution in [0.25, 0.3) is 0 Å². The molecule has 0 aliphatic carbocycles. The van der Waals surface area contributed by atoms with Crippen LogP contribution in [0.4, 0.5) is 17.6 Å². The molecule has 0 fully saturated rings. The van der Waals surface area contributed by atoms with Gasteiger partial charge in [-0.15, -0.1) is 0 Å². The number of Topliss-reactive ketones (excluding diaryl/α,β-unsaturated/α-hetero) is 1. The fourth-order valence-corrected chi connectivity index (χ4v) is 1.49. The Hall–Kier alpha value is -1.43. The minimum Gasteiger partial charge on any atom is -0.330 e. The Kier molecular flexibility index (Phi) is 4.84. The molecular formula is C12H13F4NO. The predicted molar refractivity (Wildman–Crippen MR) is 58.6 cm³/mol. The minimum atomic E-state index is -4.74. The molecule has 1 aromatic carbocycles. The highest BCUT2D eigenvalue weighted by Crippen LogP contribution is 2.31. The summed E-state index contributed by atoms with van der Waals surface area (Å²) in [7, 11) is 0. The second kappa shape index (κ2) is 5.95. The molecule has 0 radical (unpaired) electrons. The van der Waals surface area contributed by atoms with E-state index in [-0.39, 0.29) is 17.8 Å². The van der Waals surface area contributed by atoms with Crippen LogP contribution in [-0.4, -0.2) is 12.3 Å². The lowest BCUT2D eigenvalue weighted by Crippen LogP contribution is -2.10. The van der Waals surface area contributed by atoms with Gasteiger partial charge in [0.1, 0.15) is 5.82 Å². The first-order valence-corrected chi connectivity index (χ1v) is 5.46. The van der Waals surface area contributed by atoms with Crippen molar-refractivity contribution in [3.05, 3.63) is 35.1 Å². The van der Waals surface area contributed by atoms with Gasteiger partial charge in [-0.1, -0.05) is 6.07 Å². The van der Waals surface area contributed by atoms with Gasteiger partial charge < -0.3 is 5.73 Å². The van der Waals surface area contributed by atoms with Gasteiger partial charge in [-0.2, -0.15) is 13.2 Å². The molecule has 0 spiro atoms. The summed E-state index contributed by atoms with van der Waals surface area (Å²) in [5.41, 5.74) is 3.84. The van der Waals surface area contributed by atoms with Crippen LogP contribution < -0.4 is 5.73 Å². The van der Waals surface area contributed by atoms with Crippen molar-refractivity contribution in [3.8, 4) is 0 Å². The molecule has 0 saturated heterocycles. The zero-order valence-electron chi connectivity index (χ0n) is 9.56. The third-order valence-electron chi connectivity index (χ3n) is 2.45. The van der Waals surface area contributed by atoms with Crippen molar-refractivity contribution in [1.29, 1.82) is 0 Å². The van der Waals surface area contributed by atoms with Crippen molar-refractivity contribution in [2.24, 2.45) is 5.73 Å². The van der Waals surface area contributed by atoms with Gasteiger partial charge in [0, 0.05) is 12.0 Å². The summed E-state index contributed by atoms with van der Waals surface area (Å²) in [4.78, 5) is 11.5. The van der Waals surface area contributed by atoms with Gasteiger partial charge >= 0.3 is 6.18 Å². The van der Waals surface area contributed by atoms with E-state index >= 15 is 0 Å². The molecule has 0 saturated carbocycles. The van der Waals surface area contributed by atoms with E-state index in [1.807, 2.05) is 0 Å². The number of hydrogen-bond donors (Lipinski definition) is 1. The van der Waals surface area contributed by atoms with Gasteiger partial charge in [0.05, 0.1) is 5.56 Å². The number of carbonyl (C=O) groups excluding carboxylic acids is 1.